The molecule has 2 atom stereocenters. The molecule has 33 heavy (non-hydrogen) atoms. The Morgan fingerprint density at radius 2 is 1.97 bits per heavy atom. The first kappa shape index (κ1) is 24.2. The van der Waals surface area contributed by atoms with Gasteiger partial charge in [-0.25, -0.2) is 0 Å². The van der Waals surface area contributed by atoms with Crippen LogP contribution in [0.4, 0.5) is 5.88 Å². The normalized spacial score (nSPS) is 20.2. The number of ether oxygens (including phenoxy) is 3. The van der Waals surface area contributed by atoms with Crippen molar-refractivity contribution in [1.82, 2.24) is 10.1 Å². The van der Waals surface area contributed by atoms with Crippen molar-refractivity contribution in [2.24, 2.45) is 0 Å². The first-order valence-electron chi connectivity index (χ1n) is 12.1. The van der Waals surface area contributed by atoms with E-state index in [4.69, 9.17) is 18.7 Å². The van der Waals surface area contributed by atoms with E-state index in [0.29, 0.717) is 32.9 Å². The van der Waals surface area contributed by atoms with E-state index < -0.39 is 6.10 Å². The van der Waals surface area contributed by atoms with Gasteiger partial charge in [0.25, 0.3) is 0 Å². The van der Waals surface area contributed by atoms with Crippen molar-refractivity contribution in [3.8, 4) is 11.3 Å². The maximum atomic E-state index is 10.7. The van der Waals surface area contributed by atoms with Crippen LogP contribution < -0.4 is 4.90 Å². The molecule has 1 N–H and O–H groups in total. The van der Waals surface area contributed by atoms with Crippen molar-refractivity contribution < 1.29 is 23.8 Å². The van der Waals surface area contributed by atoms with Crippen molar-refractivity contribution in [2.45, 2.75) is 51.5 Å². The lowest BCUT2D eigenvalue weighted by Gasteiger charge is -2.30. The van der Waals surface area contributed by atoms with Crippen molar-refractivity contribution in [3.05, 3.63) is 35.9 Å². The van der Waals surface area contributed by atoms with Gasteiger partial charge in [0.2, 0.25) is 5.88 Å². The zero-order chi connectivity index (χ0) is 23.0. The van der Waals surface area contributed by atoms with Gasteiger partial charge in [0.05, 0.1) is 43.7 Å². The van der Waals surface area contributed by atoms with Crippen LogP contribution in [-0.4, -0.2) is 86.1 Å². The molecule has 8 heteroatoms. The van der Waals surface area contributed by atoms with Gasteiger partial charge in [-0.3, -0.25) is 4.90 Å². The molecule has 4 rings (SSSR count). The maximum Gasteiger partial charge on any atom is 0.232 e. The number of benzene rings is 1. The molecule has 2 aromatic rings. The molecule has 0 spiro atoms. The quantitative estimate of drug-likeness (QED) is 0.549. The maximum absolute atomic E-state index is 10.7. The second kappa shape index (κ2) is 11.9. The summed E-state index contributed by atoms with van der Waals surface area (Å²) >= 11 is 0. The van der Waals surface area contributed by atoms with Crippen LogP contribution in [0.15, 0.2) is 34.9 Å². The van der Waals surface area contributed by atoms with Gasteiger partial charge >= 0.3 is 0 Å². The second-order valence-corrected chi connectivity index (χ2v) is 9.15. The van der Waals surface area contributed by atoms with Gasteiger partial charge in [0.15, 0.2) is 0 Å². The molecule has 8 nitrogen and oxygen atoms in total. The highest BCUT2D eigenvalue weighted by atomic mass is 16.5. The molecule has 0 aliphatic carbocycles. The molecule has 2 aliphatic heterocycles. The van der Waals surface area contributed by atoms with E-state index in [1.165, 1.54) is 0 Å². The SMILES string of the molecule is CC(C)OC[C@H](O)CN(Cc1c(-c2ccccc2)noc1N1CCOCC1)C[C@H]1CCCO1. The zero-order valence-electron chi connectivity index (χ0n) is 19.8. The van der Waals surface area contributed by atoms with E-state index in [-0.39, 0.29) is 12.2 Å². The average molecular weight is 460 g/mol. The Labute approximate surface area is 196 Å². The highest BCUT2D eigenvalue weighted by Crippen LogP contribution is 2.33. The van der Waals surface area contributed by atoms with E-state index in [0.717, 1.165) is 61.8 Å². The minimum absolute atomic E-state index is 0.0851. The molecule has 0 bridgehead atoms. The van der Waals surface area contributed by atoms with Crippen molar-refractivity contribution in [3.63, 3.8) is 0 Å². The zero-order valence-corrected chi connectivity index (χ0v) is 19.8. The molecule has 1 aromatic carbocycles. The molecule has 3 heterocycles. The van der Waals surface area contributed by atoms with E-state index in [1.54, 1.807) is 0 Å². The molecule has 0 amide bonds. The largest absolute Gasteiger partial charge is 0.389 e. The average Bonchev–Trinajstić information content (AvgIpc) is 3.49. The molecule has 0 unspecified atom stereocenters. The predicted molar refractivity (Wildman–Crippen MR) is 126 cm³/mol. The number of anilines is 1. The van der Waals surface area contributed by atoms with Crippen molar-refractivity contribution >= 4 is 5.88 Å². The molecule has 0 radical (unpaired) electrons. The van der Waals surface area contributed by atoms with Crippen LogP contribution in [0.1, 0.15) is 32.3 Å². The Bertz CT molecular complexity index is 832. The number of hydrogen-bond acceptors (Lipinski definition) is 8. The van der Waals surface area contributed by atoms with Crippen molar-refractivity contribution in [2.75, 3.05) is 57.5 Å². The number of hydrogen-bond donors (Lipinski definition) is 1. The fourth-order valence-corrected chi connectivity index (χ4v) is 4.44. The second-order valence-electron chi connectivity index (χ2n) is 9.15. The molecule has 182 valence electrons. The van der Waals surface area contributed by atoms with Gasteiger partial charge in [0, 0.05) is 44.9 Å². The minimum atomic E-state index is -0.583. The summed E-state index contributed by atoms with van der Waals surface area (Å²) in [5.74, 6) is 0.794. The van der Waals surface area contributed by atoms with Crippen LogP contribution in [0, 0.1) is 0 Å². The van der Waals surface area contributed by atoms with Crippen molar-refractivity contribution in [1.29, 1.82) is 0 Å². The summed E-state index contributed by atoms with van der Waals surface area (Å²) in [6.45, 7) is 9.82. The lowest BCUT2D eigenvalue weighted by Crippen LogP contribution is -2.40. The molecular weight excluding hydrogens is 422 g/mol. The number of morpholine rings is 1. The minimum Gasteiger partial charge on any atom is -0.389 e. The lowest BCUT2D eigenvalue weighted by atomic mass is 10.1. The van der Waals surface area contributed by atoms with Crippen LogP contribution in [0.3, 0.4) is 0 Å². The Morgan fingerprint density at radius 3 is 2.67 bits per heavy atom. The molecule has 0 saturated carbocycles. The highest BCUT2D eigenvalue weighted by Gasteiger charge is 2.28. The van der Waals surface area contributed by atoms with Crippen LogP contribution in [0.5, 0.6) is 0 Å². The Hall–Kier alpha value is -1.97. The topological polar surface area (TPSA) is 80.4 Å². The summed E-state index contributed by atoms with van der Waals surface area (Å²) in [7, 11) is 0. The number of aromatic nitrogens is 1. The van der Waals surface area contributed by atoms with Gasteiger partial charge in [0.1, 0.15) is 5.69 Å². The van der Waals surface area contributed by atoms with Crippen LogP contribution in [-0.2, 0) is 20.8 Å². The lowest BCUT2D eigenvalue weighted by molar-refractivity contribution is -0.0172. The number of nitrogens with zero attached hydrogens (tertiary/aromatic N) is 3. The van der Waals surface area contributed by atoms with Gasteiger partial charge in [-0.15, -0.1) is 0 Å². The first-order chi connectivity index (χ1) is 16.1. The van der Waals surface area contributed by atoms with Crippen LogP contribution in [0.2, 0.25) is 0 Å². The Balaban J connectivity index is 1.58. The van der Waals surface area contributed by atoms with Gasteiger partial charge in [-0.05, 0) is 26.7 Å². The van der Waals surface area contributed by atoms with E-state index in [1.807, 2.05) is 32.0 Å². The van der Waals surface area contributed by atoms with Gasteiger partial charge < -0.3 is 28.7 Å². The van der Waals surface area contributed by atoms with E-state index in [2.05, 4.69) is 27.1 Å². The molecular formula is C25H37N3O5. The smallest absolute Gasteiger partial charge is 0.232 e. The molecule has 2 fully saturated rings. The van der Waals surface area contributed by atoms with Crippen LogP contribution >= 0.6 is 0 Å². The summed E-state index contributed by atoms with van der Waals surface area (Å²) in [5, 5.41) is 15.2. The third kappa shape index (κ3) is 6.77. The molecule has 2 aliphatic rings. The third-order valence-electron chi connectivity index (χ3n) is 6.07. The number of rotatable bonds is 11. The monoisotopic (exact) mass is 459 g/mol. The Kier molecular flexibility index (Phi) is 8.75. The predicted octanol–water partition coefficient (Wildman–Crippen LogP) is 2.95. The summed E-state index contributed by atoms with van der Waals surface area (Å²) in [6, 6.07) is 10.1. The van der Waals surface area contributed by atoms with E-state index in [9.17, 15) is 5.11 Å². The van der Waals surface area contributed by atoms with Crippen LogP contribution in [0.25, 0.3) is 11.3 Å². The fourth-order valence-electron chi connectivity index (χ4n) is 4.44. The number of aliphatic hydroxyl groups excluding tert-OH is 1. The summed E-state index contributed by atoms with van der Waals surface area (Å²) in [4.78, 5) is 4.47. The van der Waals surface area contributed by atoms with E-state index >= 15 is 0 Å². The summed E-state index contributed by atoms with van der Waals surface area (Å²) < 4.78 is 23.0. The third-order valence-corrected chi connectivity index (χ3v) is 6.07. The van der Waals surface area contributed by atoms with Gasteiger partial charge in [-0.2, -0.15) is 0 Å². The summed E-state index contributed by atoms with van der Waals surface area (Å²) in [5.41, 5.74) is 2.91. The van der Waals surface area contributed by atoms with Gasteiger partial charge in [-0.1, -0.05) is 35.5 Å². The highest BCUT2D eigenvalue weighted by molar-refractivity contribution is 5.68. The standard InChI is InChI=1S/C25H37N3O5/c1-19(2)32-18-21(29)15-27(16-22-9-6-12-31-22)17-23-24(20-7-4-3-5-8-20)26-33-25(23)28-10-13-30-14-11-28/h3-5,7-8,19,21-22,29H,6,9-18H2,1-2H3/t21-,22-/m1/s1. The fraction of sp³-hybridized carbons (Fsp3) is 0.640. The summed E-state index contributed by atoms with van der Waals surface area (Å²) in [6.07, 6.45) is 1.80. The molecule has 2 saturated heterocycles. The Morgan fingerprint density at radius 1 is 1.18 bits per heavy atom. The molecule has 1 aromatic heterocycles. The first-order valence-corrected chi connectivity index (χ1v) is 12.1. The number of aliphatic hydroxyl groups is 1.